The second-order valence-electron chi connectivity index (χ2n) is 5.62. The highest BCUT2D eigenvalue weighted by Crippen LogP contribution is 2.35. The molecule has 0 amide bonds. The highest BCUT2D eigenvalue weighted by atomic mass is 79.9. The first-order valence-electron chi connectivity index (χ1n) is 6.95. The van der Waals surface area contributed by atoms with Crippen LogP contribution in [0.3, 0.4) is 0 Å². The lowest BCUT2D eigenvalue weighted by atomic mass is 10.0. The molecule has 0 saturated carbocycles. The van der Waals surface area contributed by atoms with Crippen molar-refractivity contribution >= 4 is 15.9 Å². The molecular formula is C15H23BrN2O2. The van der Waals surface area contributed by atoms with Crippen LogP contribution < -0.4 is 4.74 Å². The van der Waals surface area contributed by atoms with Gasteiger partial charge in [0.2, 0.25) is 0 Å². The van der Waals surface area contributed by atoms with Crippen LogP contribution in [-0.2, 0) is 6.54 Å². The number of likely N-dealkylation sites (N-methyl/N-ethyl adjacent to an activating group) is 1. The van der Waals surface area contributed by atoms with E-state index >= 15 is 0 Å². The summed E-state index contributed by atoms with van der Waals surface area (Å²) in [5.74, 6) is 0.691. The van der Waals surface area contributed by atoms with Crippen molar-refractivity contribution in [3.63, 3.8) is 0 Å². The Morgan fingerprint density at radius 2 is 2.20 bits per heavy atom. The van der Waals surface area contributed by atoms with Crippen LogP contribution in [0.5, 0.6) is 11.5 Å². The first kappa shape index (κ1) is 15.6. The van der Waals surface area contributed by atoms with Crippen LogP contribution in [0.15, 0.2) is 16.6 Å². The maximum absolute atomic E-state index is 9.85. The average molecular weight is 343 g/mol. The molecule has 0 aliphatic carbocycles. The molecule has 1 atom stereocenters. The third-order valence-electron chi connectivity index (χ3n) is 3.93. The van der Waals surface area contributed by atoms with Gasteiger partial charge in [0.15, 0.2) is 11.5 Å². The van der Waals surface area contributed by atoms with Gasteiger partial charge in [0.05, 0.1) is 11.6 Å². The Kier molecular flexibility index (Phi) is 5.29. The second kappa shape index (κ2) is 6.78. The van der Waals surface area contributed by atoms with Crippen LogP contribution in [0.25, 0.3) is 0 Å². The number of hydrogen-bond donors (Lipinski definition) is 1. The first-order valence-corrected chi connectivity index (χ1v) is 7.74. The predicted octanol–water partition coefficient (Wildman–Crippen LogP) is 2.69. The Morgan fingerprint density at radius 3 is 2.85 bits per heavy atom. The standard InChI is InChI=1S/C15H23BrN2O2/c1-17(2)12-5-4-6-18(10-12)9-11-7-13(16)15(19)14(8-11)20-3/h7-8,12,19H,4-6,9-10H2,1-3H3. The van der Waals surface area contributed by atoms with E-state index in [9.17, 15) is 5.11 Å². The molecule has 1 aromatic rings. The Morgan fingerprint density at radius 1 is 1.45 bits per heavy atom. The zero-order valence-electron chi connectivity index (χ0n) is 12.4. The third-order valence-corrected chi connectivity index (χ3v) is 4.53. The Balaban J connectivity index is 2.08. The minimum absolute atomic E-state index is 0.168. The summed E-state index contributed by atoms with van der Waals surface area (Å²) in [6.07, 6.45) is 2.51. The lowest BCUT2D eigenvalue weighted by molar-refractivity contribution is 0.128. The van der Waals surface area contributed by atoms with Crippen LogP contribution in [0.4, 0.5) is 0 Å². The van der Waals surface area contributed by atoms with Crippen molar-refractivity contribution in [3.05, 3.63) is 22.2 Å². The number of halogens is 1. The topological polar surface area (TPSA) is 35.9 Å². The van der Waals surface area contributed by atoms with Crippen LogP contribution in [0.2, 0.25) is 0 Å². The summed E-state index contributed by atoms with van der Waals surface area (Å²) in [4.78, 5) is 4.77. The van der Waals surface area contributed by atoms with Crippen molar-refractivity contribution in [1.29, 1.82) is 0 Å². The largest absolute Gasteiger partial charge is 0.503 e. The van der Waals surface area contributed by atoms with Crippen molar-refractivity contribution in [2.75, 3.05) is 34.3 Å². The molecule has 0 bridgehead atoms. The molecule has 112 valence electrons. The summed E-state index contributed by atoms with van der Waals surface area (Å²) in [5, 5.41) is 9.85. The number of rotatable bonds is 4. The molecule has 0 radical (unpaired) electrons. The lowest BCUT2D eigenvalue weighted by Gasteiger charge is -2.36. The van der Waals surface area contributed by atoms with Crippen LogP contribution in [0, 0.1) is 0 Å². The summed E-state index contributed by atoms with van der Waals surface area (Å²) < 4.78 is 5.90. The number of piperidine rings is 1. The summed E-state index contributed by atoms with van der Waals surface area (Å²) in [6, 6.07) is 4.52. The molecule has 1 aliphatic heterocycles. The Bertz CT molecular complexity index is 465. The lowest BCUT2D eigenvalue weighted by Crippen LogP contribution is -2.44. The molecule has 5 heteroatoms. The fourth-order valence-corrected chi connectivity index (χ4v) is 3.22. The summed E-state index contributed by atoms with van der Waals surface area (Å²) in [7, 11) is 5.87. The highest BCUT2D eigenvalue weighted by Gasteiger charge is 2.21. The molecule has 1 unspecified atom stereocenters. The number of likely N-dealkylation sites (tertiary alicyclic amines) is 1. The number of aromatic hydroxyl groups is 1. The number of phenols is 1. The second-order valence-corrected chi connectivity index (χ2v) is 6.48. The Labute approximate surface area is 129 Å². The quantitative estimate of drug-likeness (QED) is 0.912. The maximum Gasteiger partial charge on any atom is 0.172 e. The van der Waals surface area contributed by atoms with Crippen LogP contribution in [0.1, 0.15) is 18.4 Å². The van der Waals surface area contributed by atoms with Gasteiger partial charge in [-0.2, -0.15) is 0 Å². The molecular weight excluding hydrogens is 320 g/mol. The van der Waals surface area contributed by atoms with Gasteiger partial charge in [-0.3, -0.25) is 4.90 Å². The van der Waals surface area contributed by atoms with Gasteiger partial charge >= 0.3 is 0 Å². The molecule has 1 saturated heterocycles. The number of nitrogens with zero attached hydrogens (tertiary/aromatic N) is 2. The number of hydrogen-bond acceptors (Lipinski definition) is 4. The first-order chi connectivity index (χ1) is 9.51. The smallest absolute Gasteiger partial charge is 0.172 e. The van der Waals surface area contributed by atoms with Crippen LogP contribution >= 0.6 is 15.9 Å². The van der Waals surface area contributed by atoms with Gasteiger partial charge in [-0.05, 0) is 67.1 Å². The van der Waals surface area contributed by atoms with Gasteiger partial charge in [0, 0.05) is 19.1 Å². The van der Waals surface area contributed by atoms with Gasteiger partial charge in [-0.25, -0.2) is 0 Å². The summed E-state index contributed by atoms with van der Waals surface area (Å²) in [6.45, 7) is 3.11. The van der Waals surface area contributed by atoms with E-state index < -0.39 is 0 Å². The zero-order chi connectivity index (χ0) is 14.7. The summed E-state index contributed by atoms with van der Waals surface area (Å²) in [5.41, 5.74) is 1.16. The molecule has 0 aromatic heterocycles. The number of ether oxygens (including phenoxy) is 1. The normalized spacial score (nSPS) is 20.4. The van der Waals surface area contributed by atoms with E-state index in [4.69, 9.17) is 4.74 Å². The minimum atomic E-state index is 0.168. The monoisotopic (exact) mass is 342 g/mol. The fraction of sp³-hybridized carbons (Fsp3) is 0.600. The van der Waals surface area contributed by atoms with Crippen molar-refractivity contribution in [3.8, 4) is 11.5 Å². The molecule has 20 heavy (non-hydrogen) atoms. The fourth-order valence-electron chi connectivity index (χ4n) is 2.73. The van der Waals surface area contributed by atoms with Crippen molar-refractivity contribution in [2.45, 2.75) is 25.4 Å². The van der Waals surface area contributed by atoms with E-state index in [1.54, 1.807) is 7.11 Å². The Hall–Kier alpha value is -0.780. The summed E-state index contributed by atoms with van der Waals surface area (Å²) >= 11 is 3.38. The van der Waals surface area contributed by atoms with Crippen molar-refractivity contribution in [1.82, 2.24) is 9.80 Å². The molecule has 0 spiro atoms. The molecule has 1 heterocycles. The van der Waals surface area contributed by atoms with Gasteiger partial charge in [-0.15, -0.1) is 0 Å². The minimum Gasteiger partial charge on any atom is -0.503 e. The SMILES string of the molecule is COc1cc(CN2CCCC(N(C)C)C2)cc(Br)c1O. The molecule has 1 aliphatic rings. The molecule has 1 N–H and O–H groups in total. The van der Waals surface area contributed by atoms with E-state index in [1.807, 2.05) is 12.1 Å². The number of benzene rings is 1. The van der Waals surface area contributed by atoms with E-state index in [-0.39, 0.29) is 5.75 Å². The molecule has 2 rings (SSSR count). The van der Waals surface area contributed by atoms with E-state index in [0.717, 1.165) is 25.2 Å². The highest BCUT2D eigenvalue weighted by molar-refractivity contribution is 9.10. The zero-order valence-corrected chi connectivity index (χ0v) is 14.0. The van der Waals surface area contributed by atoms with Gasteiger partial charge in [-0.1, -0.05) is 0 Å². The predicted molar refractivity (Wildman–Crippen MR) is 84.3 cm³/mol. The van der Waals surface area contributed by atoms with Gasteiger partial charge in [0.25, 0.3) is 0 Å². The van der Waals surface area contributed by atoms with Gasteiger partial charge < -0.3 is 14.7 Å². The van der Waals surface area contributed by atoms with Gasteiger partial charge in [0.1, 0.15) is 0 Å². The average Bonchev–Trinajstić information content (AvgIpc) is 2.43. The number of methoxy groups -OCH3 is 1. The van der Waals surface area contributed by atoms with E-state index in [0.29, 0.717) is 16.3 Å². The van der Waals surface area contributed by atoms with Crippen molar-refractivity contribution < 1.29 is 9.84 Å². The molecule has 1 fully saturated rings. The van der Waals surface area contributed by atoms with E-state index in [1.165, 1.54) is 12.8 Å². The third kappa shape index (κ3) is 3.65. The molecule has 4 nitrogen and oxygen atoms in total. The van der Waals surface area contributed by atoms with Crippen LogP contribution in [-0.4, -0.2) is 55.2 Å². The van der Waals surface area contributed by atoms with E-state index in [2.05, 4.69) is 39.8 Å². The number of phenolic OH excluding ortho intramolecular Hbond substituents is 1. The maximum atomic E-state index is 9.85. The van der Waals surface area contributed by atoms with Crippen molar-refractivity contribution in [2.24, 2.45) is 0 Å². The molecule has 1 aromatic carbocycles.